The van der Waals surface area contributed by atoms with Gasteiger partial charge in [-0.3, -0.25) is 4.79 Å². The Morgan fingerprint density at radius 1 is 1.21 bits per heavy atom. The van der Waals surface area contributed by atoms with E-state index < -0.39 is 18.1 Å². The number of carbonyl (C=O) groups is 3. The molecule has 1 aliphatic carbocycles. The van der Waals surface area contributed by atoms with E-state index in [4.69, 9.17) is 0 Å². The van der Waals surface area contributed by atoms with E-state index in [1.807, 2.05) is 0 Å². The van der Waals surface area contributed by atoms with Gasteiger partial charge in [0.05, 0.1) is 7.11 Å². The van der Waals surface area contributed by atoms with Crippen LogP contribution in [0.3, 0.4) is 0 Å². The molecule has 136 valence electrons. The number of ether oxygens (including phenoxy) is 1. The highest BCUT2D eigenvalue weighted by atomic mass is 16.5. The van der Waals surface area contributed by atoms with Crippen molar-refractivity contribution in [3.8, 4) is 0 Å². The van der Waals surface area contributed by atoms with Gasteiger partial charge in [-0.1, -0.05) is 19.3 Å². The average Bonchev–Trinajstić information content (AvgIpc) is 2.61. The third kappa shape index (κ3) is 4.83. The molecular formula is C16H28N4O4. The molecule has 8 nitrogen and oxygen atoms in total. The molecule has 3 N–H and O–H groups in total. The molecule has 24 heavy (non-hydrogen) atoms. The molecule has 0 radical (unpaired) electrons. The molecule has 2 unspecified atom stereocenters. The largest absolute Gasteiger partial charge is 0.467 e. The van der Waals surface area contributed by atoms with Crippen LogP contribution in [0, 0.1) is 0 Å². The molecule has 2 atom stereocenters. The minimum Gasteiger partial charge on any atom is -0.467 e. The summed E-state index contributed by atoms with van der Waals surface area (Å²) in [6.07, 6.45) is 5.47. The molecule has 1 saturated heterocycles. The van der Waals surface area contributed by atoms with Crippen LogP contribution in [0.4, 0.5) is 4.79 Å². The lowest BCUT2D eigenvalue weighted by Gasteiger charge is -2.37. The van der Waals surface area contributed by atoms with Gasteiger partial charge in [0.15, 0.2) is 0 Å². The molecule has 0 spiro atoms. The van der Waals surface area contributed by atoms with Crippen molar-refractivity contribution in [2.45, 2.75) is 57.2 Å². The summed E-state index contributed by atoms with van der Waals surface area (Å²) in [5, 5.41) is 8.78. The zero-order valence-electron chi connectivity index (χ0n) is 14.5. The van der Waals surface area contributed by atoms with Crippen molar-refractivity contribution in [3.05, 3.63) is 0 Å². The molecule has 0 bridgehead atoms. The number of esters is 1. The van der Waals surface area contributed by atoms with Gasteiger partial charge in [0.1, 0.15) is 12.1 Å². The van der Waals surface area contributed by atoms with Crippen molar-refractivity contribution in [3.63, 3.8) is 0 Å². The van der Waals surface area contributed by atoms with Crippen LogP contribution in [0.5, 0.6) is 0 Å². The minimum atomic E-state index is -0.743. The van der Waals surface area contributed by atoms with Crippen molar-refractivity contribution in [1.82, 2.24) is 20.9 Å². The smallest absolute Gasteiger partial charge is 0.328 e. The number of carbonyl (C=O) groups excluding carboxylic acids is 3. The lowest BCUT2D eigenvalue weighted by molar-refractivity contribution is -0.145. The third-order valence-electron chi connectivity index (χ3n) is 4.65. The Morgan fingerprint density at radius 2 is 1.92 bits per heavy atom. The van der Waals surface area contributed by atoms with E-state index in [0.29, 0.717) is 19.6 Å². The maximum atomic E-state index is 12.6. The first-order valence-electron chi connectivity index (χ1n) is 8.69. The molecule has 1 heterocycles. The molecule has 2 rings (SSSR count). The Kier molecular flexibility index (Phi) is 6.84. The summed E-state index contributed by atoms with van der Waals surface area (Å²) in [7, 11) is 1.27. The number of urea groups is 1. The molecule has 2 aliphatic rings. The van der Waals surface area contributed by atoms with Gasteiger partial charge in [0.2, 0.25) is 5.91 Å². The second-order valence-electron chi connectivity index (χ2n) is 6.45. The number of amides is 3. The Balaban J connectivity index is 1.94. The van der Waals surface area contributed by atoms with E-state index in [0.717, 1.165) is 25.7 Å². The average molecular weight is 340 g/mol. The fourth-order valence-electron chi connectivity index (χ4n) is 3.23. The summed E-state index contributed by atoms with van der Waals surface area (Å²) in [6.45, 7) is 3.04. The summed E-state index contributed by atoms with van der Waals surface area (Å²) in [5.41, 5.74) is 0. The molecule has 3 amide bonds. The second kappa shape index (κ2) is 8.86. The van der Waals surface area contributed by atoms with Crippen LogP contribution in [0.2, 0.25) is 0 Å². The van der Waals surface area contributed by atoms with Crippen LogP contribution in [0.15, 0.2) is 0 Å². The number of nitrogens with one attached hydrogen (secondary N) is 3. The van der Waals surface area contributed by atoms with Crippen molar-refractivity contribution < 1.29 is 19.1 Å². The van der Waals surface area contributed by atoms with Gasteiger partial charge in [-0.25, -0.2) is 9.59 Å². The topological polar surface area (TPSA) is 99.8 Å². The Morgan fingerprint density at radius 3 is 2.58 bits per heavy atom. The van der Waals surface area contributed by atoms with E-state index in [9.17, 15) is 14.4 Å². The predicted molar refractivity (Wildman–Crippen MR) is 88.4 cm³/mol. The highest BCUT2D eigenvalue weighted by Gasteiger charge is 2.34. The standard InChI is InChI=1S/C16H28N4O4/c1-11(15(22)24-2)18-14(21)13-10-17-8-9-20(13)16(23)19-12-6-4-3-5-7-12/h11-13,17H,3-10H2,1-2H3,(H,18,21)(H,19,23). The molecule has 8 heteroatoms. The monoisotopic (exact) mass is 340 g/mol. The number of methoxy groups -OCH3 is 1. The first kappa shape index (κ1) is 18.5. The molecule has 0 aromatic heterocycles. The Hall–Kier alpha value is -1.83. The summed E-state index contributed by atoms with van der Waals surface area (Å²) in [4.78, 5) is 38.1. The molecular weight excluding hydrogens is 312 g/mol. The van der Waals surface area contributed by atoms with Gasteiger partial charge in [0.25, 0.3) is 0 Å². The maximum Gasteiger partial charge on any atom is 0.328 e. The van der Waals surface area contributed by atoms with Crippen molar-refractivity contribution in [2.75, 3.05) is 26.7 Å². The van der Waals surface area contributed by atoms with Gasteiger partial charge in [-0.05, 0) is 19.8 Å². The Bertz CT molecular complexity index is 465. The quantitative estimate of drug-likeness (QED) is 0.625. The Labute approximate surface area is 142 Å². The van der Waals surface area contributed by atoms with E-state index >= 15 is 0 Å². The lowest BCUT2D eigenvalue weighted by Crippen LogP contribution is -2.63. The molecule has 2 fully saturated rings. The molecule has 1 saturated carbocycles. The fraction of sp³-hybridized carbons (Fsp3) is 0.812. The van der Waals surface area contributed by atoms with Gasteiger partial charge in [-0.2, -0.15) is 0 Å². The van der Waals surface area contributed by atoms with Gasteiger partial charge < -0.3 is 25.6 Å². The summed E-state index contributed by atoms with van der Waals surface area (Å²) in [5.74, 6) is -0.857. The lowest BCUT2D eigenvalue weighted by atomic mass is 9.96. The van der Waals surface area contributed by atoms with Gasteiger partial charge >= 0.3 is 12.0 Å². The second-order valence-corrected chi connectivity index (χ2v) is 6.45. The zero-order chi connectivity index (χ0) is 17.5. The van der Waals surface area contributed by atoms with Crippen LogP contribution in [0.25, 0.3) is 0 Å². The van der Waals surface area contributed by atoms with Crippen LogP contribution < -0.4 is 16.0 Å². The van der Waals surface area contributed by atoms with Crippen molar-refractivity contribution in [1.29, 1.82) is 0 Å². The van der Waals surface area contributed by atoms with Crippen LogP contribution in [0.1, 0.15) is 39.0 Å². The fourth-order valence-corrected chi connectivity index (χ4v) is 3.23. The maximum absolute atomic E-state index is 12.6. The van der Waals surface area contributed by atoms with Gasteiger partial charge in [-0.15, -0.1) is 0 Å². The van der Waals surface area contributed by atoms with Crippen molar-refractivity contribution in [2.24, 2.45) is 0 Å². The van der Waals surface area contributed by atoms with Crippen molar-refractivity contribution >= 4 is 17.9 Å². The molecule has 1 aliphatic heterocycles. The number of nitrogens with zero attached hydrogens (tertiary/aromatic N) is 1. The molecule has 0 aromatic rings. The van der Waals surface area contributed by atoms with E-state index in [2.05, 4.69) is 20.7 Å². The highest BCUT2D eigenvalue weighted by molar-refractivity contribution is 5.90. The predicted octanol–water partition coefficient (Wildman–Crippen LogP) is -0.0198. The first-order chi connectivity index (χ1) is 11.5. The number of hydrogen-bond acceptors (Lipinski definition) is 5. The van der Waals surface area contributed by atoms with Crippen LogP contribution in [-0.4, -0.2) is 67.7 Å². The van der Waals surface area contributed by atoms with E-state index in [-0.39, 0.29) is 18.0 Å². The summed E-state index contributed by atoms with van der Waals surface area (Å²) >= 11 is 0. The summed E-state index contributed by atoms with van der Waals surface area (Å²) in [6, 6.07) is -1.38. The van der Waals surface area contributed by atoms with Crippen LogP contribution >= 0.6 is 0 Å². The molecule has 0 aromatic carbocycles. The minimum absolute atomic E-state index is 0.193. The van der Waals surface area contributed by atoms with E-state index in [1.165, 1.54) is 13.5 Å². The number of piperazine rings is 1. The SMILES string of the molecule is COC(=O)C(C)NC(=O)C1CNCCN1C(=O)NC1CCCCC1. The highest BCUT2D eigenvalue weighted by Crippen LogP contribution is 2.18. The summed E-state index contributed by atoms with van der Waals surface area (Å²) < 4.78 is 4.61. The number of rotatable bonds is 4. The normalized spacial score (nSPS) is 23.2. The first-order valence-corrected chi connectivity index (χ1v) is 8.69. The third-order valence-corrected chi connectivity index (χ3v) is 4.65. The van der Waals surface area contributed by atoms with Gasteiger partial charge in [0, 0.05) is 25.7 Å². The zero-order valence-corrected chi connectivity index (χ0v) is 14.5. The van der Waals surface area contributed by atoms with Crippen LogP contribution in [-0.2, 0) is 14.3 Å². The number of hydrogen-bond donors (Lipinski definition) is 3. The van der Waals surface area contributed by atoms with E-state index in [1.54, 1.807) is 11.8 Å².